The van der Waals surface area contributed by atoms with E-state index in [1.807, 2.05) is 36.9 Å². The zero-order valence-electron chi connectivity index (χ0n) is 22.8. The number of likely N-dealkylation sites (tertiary alicyclic amines) is 3. The van der Waals surface area contributed by atoms with E-state index in [4.69, 9.17) is 0 Å². The molecule has 2 unspecified atom stereocenters. The van der Waals surface area contributed by atoms with Gasteiger partial charge in [0.15, 0.2) is 0 Å². The largest absolute Gasteiger partial charge is 0.338 e. The number of aryl methyl sites for hydroxylation is 2. The Morgan fingerprint density at radius 1 is 0.850 bits per heavy atom. The number of carbonyl (C=O) groups excluding carboxylic acids is 2. The van der Waals surface area contributed by atoms with Crippen LogP contribution in [0.4, 0.5) is 8.78 Å². The van der Waals surface area contributed by atoms with Crippen LogP contribution in [0.2, 0.25) is 0 Å². The summed E-state index contributed by atoms with van der Waals surface area (Å²) in [6, 6.07) is 13.2. The maximum atomic E-state index is 13.7. The number of nitrogens with zero attached hydrogens (tertiary/aromatic N) is 5. The first-order valence-electron chi connectivity index (χ1n) is 13.8. The summed E-state index contributed by atoms with van der Waals surface area (Å²) < 4.78 is 27.5. The van der Waals surface area contributed by atoms with Gasteiger partial charge >= 0.3 is 0 Å². The molecule has 0 bridgehead atoms. The van der Waals surface area contributed by atoms with Gasteiger partial charge in [-0.1, -0.05) is 30.3 Å². The van der Waals surface area contributed by atoms with Crippen molar-refractivity contribution < 1.29 is 18.4 Å². The molecule has 3 saturated heterocycles. The van der Waals surface area contributed by atoms with Crippen LogP contribution in [0.15, 0.2) is 54.9 Å². The van der Waals surface area contributed by atoms with E-state index in [1.165, 1.54) is 11.9 Å². The van der Waals surface area contributed by atoms with Gasteiger partial charge in [0.25, 0.3) is 11.8 Å². The molecular formula is C31H33F2N5O2. The Morgan fingerprint density at radius 2 is 1.45 bits per heavy atom. The van der Waals surface area contributed by atoms with E-state index >= 15 is 0 Å². The Morgan fingerprint density at radius 3 is 2.05 bits per heavy atom. The third kappa shape index (κ3) is 4.87. The van der Waals surface area contributed by atoms with Crippen LogP contribution in [-0.2, 0) is 5.41 Å². The monoisotopic (exact) mass is 545 g/mol. The van der Waals surface area contributed by atoms with Crippen LogP contribution in [0.1, 0.15) is 44.1 Å². The van der Waals surface area contributed by atoms with E-state index < -0.39 is 11.6 Å². The molecule has 0 spiro atoms. The van der Waals surface area contributed by atoms with Gasteiger partial charge in [-0.3, -0.25) is 9.59 Å². The molecule has 3 aromatic rings. The number of hydrogen-bond donors (Lipinski definition) is 0. The summed E-state index contributed by atoms with van der Waals surface area (Å²) in [4.78, 5) is 40.8. The van der Waals surface area contributed by atoms with E-state index in [-0.39, 0.29) is 22.8 Å². The highest BCUT2D eigenvalue weighted by Gasteiger charge is 2.48. The average Bonchev–Trinajstić information content (AvgIpc) is 3.47. The number of aromatic nitrogens is 2. The maximum absolute atomic E-state index is 13.7. The zero-order valence-corrected chi connectivity index (χ0v) is 22.8. The van der Waals surface area contributed by atoms with Crippen molar-refractivity contribution in [3.63, 3.8) is 0 Å². The molecule has 208 valence electrons. The molecule has 0 saturated carbocycles. The average molecular weight is 546 g/mol. The molecule has 2 amide bonds. The van der Waals surface area contributed by atoms with Crippen molar-refractivity contribution in [2.75, 3.05) is 45.8 Å². The van der Waals surface area contributed by atoms with Crippen molar-refractivity contribution in [3.8, 4) is 0 Å². The second-order valence-corrected chi connectivity index (χ2v) is 11.6. The number of rotatable bonds is 6. The molecule has 4 heterocycles. The summed E-state index contributed by atoms with van der Waals surface area (Å²) >= 11 is 0. The Labute approximate surface area is 232 Å². The number of benzene rings is 2. The van der Waals surface area contributed by atoms with Gasteiger partial charge in [-0.05, 0) is 56.3 Å². The molecule has 9 heteroatoms. The van der Waals surface area contributed by atoms with Crippen molar-refractivity contribution in [1.82, 2.24) is 24.7 Å². The van der Waals surface area contributed by atoms with Gasteiger partial charge in [-0.15, -0.1) is 0 Å². The predicted octanol–water partition coefficient (Wildman–Crippen LogP) is 3.86. The summed E-state index contributed by atoms with van der Waals surface area (Å²) in [6.45, 7) is 8.97. The minimum Gasteiger partial charge on any atom is -0.338 e. The number of hydrogen-bond acceptors (Lipinski definition) is 5. The summed E-state index contributed by atoms with van der Waals surface area (Å²) in [5.41, 5.74) is 3.07. The van der Waals surface area contributed by atoms with Crippen molar-refractivity contribution in [2.24, 2.45) is 11.8 Å². The standard InChI is InChI=1S/C31H33F2N5O2/c1-20-28(21(2)35-19-34-20)30(40)37-15-23-13-36(14-24(23)16-37)9-8-31(25-6-4-3-5-7-25)17-38(18-31)29(39)22-10-26(32)12-27(33)11-22/h3-7,10-12,19,23-24H,8-9,13-18H2,1-2H3. The van der Waals surface area contributed by atoms with E-state index in [0.717, 1.165) is 68.7 Å². The first-order chi connectivity index (χ1) is 19.2. The van der Waals surface area contributed by atoms with Crippen LogP contribution >= 0.6 is 0 Å². The molecule has 3 aliphatic heterocycles. The van der Waals surface area contributed by atoms with Gasteiger partial charge < -0.3 is 14.7 Å². The molecule has 3 aliphatic rings. The van der Waals surface area contributed by atoms with Crippen molar-refractivity contribution >= 4 is 11.8 Å². The molecule has 0 radical (unpaired) electrons. The molecule has 40 heavy (non-hydrogen) atoms. The van der Waals surface area contributed by atoms with Gasteiger partial charge in [0, 0.05) is 56.3 Å². The normalized spacial score (nSPS) is 21.8. The molecule has 7 nitrogen and oxygen atoms in total. The quantitative estimate of drug-likeness (QED) is 0.471. The highest BCUT2D eigenvalue weighted by molar-refractivity contribution is 5.96. The fourth-order valence-electron chi connectivity index (χ4n) is 6.84. The molecule has 0 aliphatic carbocycles. The lowest BCUT2D eigenvalue weighted by Crippen LogP contribution is -2.62. The highest BCUT2D eigenvalue weighted by atomic mass is 19.1. The minimum atomic E-state index is -0.750. The predicted molar refractivity (Wildman–Crippen MR) is 146 cm³/mol. The number of carbonyl (C=O) groups is 2. The van der Waals surface area contributed by atoms with Gasteiger partial charge in [-0.2, -0.15) is 0 Å². The van der Waals surface area contributed by atoms with Gasteiger partial charge in [0.05, 0.1) is 17.0 Å². The van der Waals surface area contributed by atoms with Crippen LogP contribution in [0.25, 0.3) is 0 Å². The van der Waals surface area contributed by atoms with Gasteiger partial charge in [0.1, 0.15) is 18.0 Å². The van der Waals surface area contributed by atoms with Crippen LogP contribution in [0.5, 0.6) is 0 Å². The SMILES string of the molecule is Cc1ncnc(C)c1C(=O)N1CC2CN(CCC3(c4ccccc4)CN(C(=O)c4cc(F)cc(F)c4)C3)CC2C1. The maximum Gasteiger partial charge on any atom is 0.257 e. The summed E-state index contributed by atoms with van der Waals surface area (Å²) in [7, 11) is 0. The van der Waals surface area contributed by atoms with Crippen molar-refractivity contribution in [1.29, 1.82) is 0 Å². The Kier molecular flexibility index (Phi) is 6.86. The van der Waals surface area contributed by atoms with E-state index in [1.54, 1.807) is 4.90 Å². The topological polar surface area (TPSA) is 69.6 Å². The van der Waals surface area contributed by atoms with Crippen LogP contribution in [0, 0.1) is 37.3 Å². The fraction of sp³-hybridized carbons (Fsp3) is 0.419. The Balaban J connectivity index is 1.09. The molecule has 0 N–H and O–H groups in total. The highest BCUT2D eigenvalue weighted by Crippen LogP contribution is 2.40. The fourth-order valence-corrected chi connectivity index (χ4v) is 6.84. The van der Waals surface area contributed by atoms with Crippen molar-refractivity contribution in [3.05, 3.63) is 94.6 Å². The summed E-state index contributed by atoms with van der Waals surface area (Å²) in [5.74, 6) is -0.953. The third-order valence-corrected chi connectivity index (χ3v) is 8.97. The lowest BCUT2D eigenvalue weighted by molar-refractivity contribution is 0.0331. The van der Waals surface area contributed by atoms with Crippen molar-refractivity contribution in [2.45, 2.75) is 25.7 Å². The number of halogens is 2. The first-order valence-corrected chi connectivity index (χ1v) is 13.8. The lowest BCUT2D eigenvalue weighted by atomic mass is 9.71. The molecular weight excluding hydrogens is 512 g/mol. The molecule has 2 atom stereocenters. The minimum absolute atomic E-state index is 0.0250. The Hall–Kier alpha value is -3.72. The van der Waals surface area contributed by atoms with Crippen LogP contribution < -0.4 is 0 Å². The first kappa shape index (κ1) is 26.5. The van der Waals surface area contributed by atoms with E-state index in [9.17, 15) is 18.4 Å². The summed E-state index contributed by atoms with van der Waals surface area (Å²) in [5, 5.41) is 0. The zero-order chi connectivity index (χ0) is 28.0. The molecule has 1 aromatic heterocycles. The molecule has 3 fully saturated rings. The van der Waals surface area contributed by atoms with Gasteiger partial charge in [0.2, 0.25) is 0 Å². The molecule has 2 aromatic carbocycles. The number of fused-ring (bicyclic) bond motifs is 1. The second-order valence-electron chi connectivity index (χ2n) is 11.6. The number of amides is 2. The molecule has 6 rings (SSSR count). The van der Waals surface area contributed by atoms with Crippen LogP contribution in [0.3, 0.4) is 0 Å². The Bertz CT molecular complexity index is 1390. The lowest BCUT2D eigenvalue weighted by Gasteiger charge is -2.51. The summed E-state index contributed by atoms with van der Waals surface area (Å²) in [6.07, 6.45) is 2.37. The van der Waals surface area contributed by atoms with E-state index in [2.05, 4.69) is 27.0 Å². The second kappa shape index (κ2) is 10.4. The van der Waals surface area contributed by atoms with Gasteiger partial charge in [-0.25, -0.2) is 18.7 Å². The van der Waals surface area contributed by atoms with Crippen LogP contribution in [-0.4, -0.2) is 82.3 Å². The van der Waals surface area contributed by atoms with E-state index in [0.29, 0.717) is 30.5 Å². The third-order valence-electron chi connectivity index (χ3n) is 8.97. The smallest absolute Gasteiger partial charge is 0.257 e.